The molecule has 0 saturated heterocycles. The Balaban J connectivity index is 2.28. The van der Waals surface area contributed by atoms with Crippen molar-refractivity contribution in [1.29, 1.82) is 0 Å². The van der Waals surface area contributed by atoms with Gasteiger partial charge in [-0.25, -0.2) is 8.42 Å². The van der Waals surface area contributed by atoms with E-state index in [-0.39, 0.29) is 11.8 Å². The van der Waals surface area contributed by atoms with Gasteiger partial charge in [0.15, 0.2) is 0 Å². The van der Waals surface area contributed by atoms with Crippen LogP contribution in [0, 0.1) is 5.92 Å². The van der Waals surface area contributed by atoms with Gasteiger partial charge in [0.2, 0.25) is 15.9 Å². The first-order valence-corrected chi connectivity index (χ1v) is 12.2. The normalized spacial score (nSPS) is 12.3. The Bertz CT molecular complexity index is 1020. The van der Waals surface area contributed by atoms with Crippen molar-refractivity contribution >= 4 is 33.2 Å². The van der Waals surface area contributed by atoms with E-state index in [1.54, 1.807) is 36.4 Å². The smallest absolute Gasteiger partial charge is 0.253 e. The lowest BCUT2D eigenvalue weighted by Crippen LogP contribution is -2.45. The van der Waals surface area contributed by atoms with Crippen LogP contribution in [0.3, 0.4) is 0 Å². The van der Waals surface area contributed by atoms with Crippen molar-refractivity contribution in [2.45, 2.75) is 40.2 Å². The Morgan fingerprint density at radius 2 is 1.61 bits per heavy atom. The van der Waals surface area contributed by atoms with Crippen LogP contribution in [0.15, 0.2) is 48.5 Å². The molecule has 2 rings (SSSR count). The molecule has 2 aromatic rings. The van der Waals surface area contributed by atoms with Gasteiger partial charge in [-0.15, -0.1) is 0 Å². The predicted octanol–water partition coefficient (Wildman–Crippen LogP) is 3.43. The first-order chi connectivity index (χ1) is 14.5. The van der Waals surface area contributed by atoms with Crippen LogP contribution < -0.4 is 14.9 Å². The summed E-state index contributed by atoms with van der Waals surface area (Å²) in [6, 6.07) is 12.7. The number of hydrogen-bond acceptors (Lipinski definition) is 4. The van der Waals surface area contributed by atoms with Crippen molar-refractivity contribution < 1.29 is 18.0 Å². The third-order valence-corrected chi connectivity index (χ3v) is 6.03. The predicted molar refractivity (Wildman–Crippen MR) is 125 cm³/mol. The minimum Gasteiger partial charge on any atom is -0.352 e. The highest BCUT2D eigenvalue weighted by Gasteiger charge is 2.29. The van der Waals surface area contributed by atoms with Crippen LogP contribution in [0.2, 0.25) is 0 Å². The molecule has 8 heteroatoms. The van der Waals surface area contributed by atoms with Crippen molar-refractivity contribution in [2.24, 2.45) is 5.92 Å². The fraction of sp³-hybridized carbons (Fsp3) is 0.391. The Hall–Kier alpha value is -2.87. The Labute approximate surface area is 184 Å². The minimum atomic E-state index is -3.73. The number of benzene rings is 2. The number of sulfonamides is 1. The molecular formula is C23H31N3O4S. The largest absolute Gasteiger partial charge is 0.352 e. The van der Waals surface area contributed by atoms with E-state index in [1.807, 2.05) is 32.9 Å². The summed E-state index contributed by atoms with van der Waals surface area (Å²) in [7, 11) is -3.73. The number of amides is 2. The number of para-hydroxylation sites is 1. The van der Waals surface area contributed by atoms with E-state index in [0.717, 1.165) is 22.5 Å². The van der Waals surface area contributed by atoms with E-state index in [4.69, 9.17) is 0 Å². The van der Waals surface area contributed by atoms with Crippen LogP contribution >= 0.6 is 0 Å². The number of carbonyl (C=O) groups excluding carboxylic acids is 2. The van der Waals surface area contributed by atoms with Crippen molar-refractivity contribution in [3.8, 4) is 0 Å². The second-order valence-electron chi connectivity index (χ2n) is 7.89. The Kier molecular flexibility index (Phi) is 8.21. The average Bonchev–Trinajstić information content (AvgIpc) is 2.72. The van der Waals surface area contributed by atoms with Crippen molar-refractivity contribution in [2.75, 3.05) is 22.4 Å². The fourth-order valence-corrected chi connectivity index (χ4v) is 4.28. The van der Waals surface area contributed by atoms with E-state index in [2.05, 4.69) is 10.6 Å². The number of anilines is 2. The van der Waals surface area contributed by atoms with Crippen LogP contribution in [0.5, 0.6) is 0 Å². The van der Waals surface area contributed by atoms with Crippen molar-refractivity contribution in [1.82, 2.24) is 5.32 Å². The zero-order valence-corrected chi connectivity index (χ0v) is 19.5. The number of aryl methyl sites for hydroxylation is 1. The maximum atomic E-state index is 13.0. The monoisotopic (exact) mass is 445 g/mol. The van der Waals surface area contributed by atoms with Crippen LogP contribution in [0.1, 0.15) is 43.6 Å². The lowest BCUT2D eigenvalue weighted by Gasteiger charge is -2.28. The summed E-state index contributed by atoms with van der Waals surface area (Å²) in [6.07, 6.45) is 1.89. The molecule has 31 heavy (non-hydrogen) atoms. The van der Waals surface area contributed by atoms with Gasteiger partial charge in [-0.1, -0.05) is 45.0 Å². The molecule has 0 bridgehead atoms. The molecule has 1 atom stereocenters. The van der Waals surface area contributed by atoms with E-state index in [9.17, 15) is 18.0 Å². The molecule has 0 aliphatic carbocycles. The topological polar surface area (TPSA) is 95.6 Å². The third kappa shape index (κ3) is 6.55. The zero-order chi connectivity index (χ0) is 23.2. The van der Waals surface area contributed by atoms with Gasteiger partial charge in [-0.05, 0) is 49.1 Å². The quantitative estimate of drug-likeness (QED) is 0.618. The molecule has 2 amide bonds. The molecule has 0 spiro atoms. The van der Waals surface area contributed by atoms with Crippen LogP contribution in [-0.2, 0) is 21.2 Å². The summed E-state index contributed by atoms with van der Waals surface area (Å²) < 4.78 is 26.1. The first-order valence-electron chi connectivity index (χ1n) is 10.3. The summed E-state index contributed by atoms with van der Waals surface area (Å²) in [5.41, 5.74) is 2.12. The van der Waals surface area contributed by atoms with E-state index >= 15 is 0 Å². The van der Waals surface area contributed by atoms with Gasteiger partial charge in [0.1, 0.15) is 6.04 Å². The lowest BCUT2D eigenvalue weighted by molar-refractivity contribution is -0.116. The molecule has 0 aliphatic heterocycles. The molecule has 0 heterocycles. The third-order valence-electron chi connectivity index (χ3n) is 4.79. The molecule has 0 radical (unpaired) electrons. The van der Waals surface area contributed by atoms with E-state index in [0.29, 0.717) is 23.5 Å². The van der Waals surface area contributed by atoms with Crippen LogP contribution in [-0.4, -0.2) is 39.1 Å². The summed E-state index contributed by atoms with van der Waals surface area (Å²) in [4.78, 5) is 25.5. The van der Waals surface area contributed by atoms with E-state index < -0.39 is 22.0 Å². The summed E-state index contributed by atoms with van der Waals surface area (Å²) in [6.45, 7) is 8.01. The highest BCUT2D eigenvalue weighted by Crippen LogP contribution is 2.23. The molecular weight excluding hydrogens is 414 g/mol. The highest BCUT2D eigenvalue weighted by molar-refractivity contribution is 7.92. The van der Waals surface area contributed by atoms with Crippen LogP contribution in [0.25, 0.3) is 0 Å². The number of rotatable bonds is 9. The number of nitrogens with zero attached hydrogens (tertiary/aromatic N) is 1. The van der Waals surface area contributed by atoms with Crippen LogP contribution in [0.4, 0.5) is 11.4 Å². The molecule has 168 valence electrons. The zero-order valence-electron chi connectivity index (χ0n) is 18.7. The van der Waals surface area contributed by atoms with Gasteiger partial charge < -0.3 is 10.6 Å². The standard InChI is InChI=1S/C23H31N3O4S/c1-6-18-11-13-19(14-12-18)26(31(5,29)30)17(4)22(27)25-21-10-8-7-9-20(21)23(28)24-15-16(2)3/h7-14,16-17H,6,15H2,1-5H3,(H,24,28)(H,25,27)/t17-/m0/s1. The Morgan fingerprint density at radius 3 is 2.16 bits per heavy atom. The van der Waals surface area contributed by atoms with Gasteiger partial charge in [0.25, 0.3) is 5.91 Å². The highest BCUT2D eigenvalue weighted by atomic mass is 32.2. The van der Waals surface area contributed by atoms with Gasteiger partial charge in [-0.2, -0.15) is 0 Å². The lowest BCUT2D eigenvalue weighted by atomic mass is 10.1. The first kappa shape index (κ1) is 24.4. The maximum absolute atomic E-state index is 13.0. The van der Waals surface area contributed by atoms with Gasteiger partial charge >= 0.3 is 0 Å². The molecule has 7 nitrogen and oxygen atoms in total. The average molecular weight is 446 g/mol. The summed E-state index contributed by atoms with van der Waals surface area (Å²) in [5, 5.41) is 5.55. The molecule has 0 aromatic heterocycles. The number of hydrogen-bond donors (Lipinski definition) is 2. The van der Waals surface area contributed by atoms with E-state index in [1.165, 1.54) is 6.92 Å². The second-order valence-corrected chi connectivity index (χ2v) is 9.75. The molecule has 0 saturated carbocycles. The van der Waals surface area contributed by atoms with Crippen molar-refractivity contribution in [3.05, 3.63) is 59.7 Å². The fourth-order valence-electron chi connectivity index (χ4n) is 3.11. The van der Waals surface area contributed by atoms with Gasteiger partial charge in [-0.3, -0.25) is 13.9 Å². The van der Waals surface area contributed by atoms with Gasteiger partial charge in [0.05, 0.1) is 23.2 Å². The summed E-state index contributed by atoms with van der Waals surface area (Å²) >= 11 is 0. The summed E-state index contributed by atoms with van der Waals surface area (Å²) in [5.74, 6) is -0.547. The second kappa shape index (κ2) is 10.4. The molecule has 2 N–H and O–H groups in total. The Morgan fingerprint density at radius 1 is 1.00 bits per heavy atom. The van der Waals surface area contributed by atoms with Gasteiger partial charge in [0, 0.05) is 6.54 Å². The van der Waals surface area contributed by atoms with Crippen molar-refractivity contribution in [3.63, 3.8) is 0 Å². The SMILES string of the molecule is CCc1ccc(N([C@@H](C)C(=O)Nc2ccccc2C(=O)NCC(C)C)S(C)(=O)=O)cc1. The maximum Gasteiger partial charge on any atom is 0.253 e. The molecule has 0 fully saturated rings. The number of carbonyl (C=O) groups is 2. The molecule has 0 unspecified atom stereocenters. The minimum absolute atomic E-state index is 0.285. The number of nitrogens with one attached hydrogen (secondary N) is 2. The molecule has 0 aliphatic rings. The molecule has 2 aromatic carbocycles.